The van der Waals surface area contributed by atoms with Crippen molar-refractivity contribution in [3.63, 3.8) is 0 Å². The van der Waals surface area contributed by atoms with Crippen molar-refractivity contribution in [1.29, 1.82) is 0 Å². The Morgan fingerprint density at radius 1 is 0.939 bits per heavy atom. The summed E-state index contributed by atoms with van der Waals surface area (Å²) in [4.78, 5) is 0.351. The number of rotatable bonds is 7. The lowest BCUT2D eigenvalue weighted by atomic mass is 9.87. The zero-order valence-corrected chi connectivity index (χ0v) is 25.0. The maximum Gasteiger partial charge on any atom is 0.192 e. The van der Waals surface area contributed by atoms with Crippen LogP contribution in [0.2, 0.25) is 36.3 Å². The van der Waals surface area contributed by atoms with Gasteiger partial charge in [0.15, 0.2) is 26.5 Å². The molecule has 0 unspecified atom stereocenters. The number of ether oxygens (including phenoxy) is 1. The van der Waals surface area contributed by atoms with Crippen LogP contribution in [-0.4, -0.2) is 55.2 Å². The third-order valence-corrected chi connectivity index (χ3v) is 19.7. The SMILES string of the molecule is CC(C)(C)[Si](C)(C)OC[C@@H]1C[C@H]2O[C@@H]1[C@@H](O[Si](C)(C)C(C)(C)C)[C@@H]2S(=O)(=O)c1ccccc1. The summed E-state index contributed by atoms with van der Waals surface area (Å²) in [6.07, 6.45) is -0.379. The molecule has 1 aromatic rings. The standard InChI is InChI=1S/C25H44O5SSi2/c1-24(2,3)32(7,8)28-17-18-16-20-23(31(26,27)19-14-12-11-13-15-19)22(21(18)29-20)30-33(9,10)25(4,5)6/h11-15,18,20-23H,16-17H2,1-10H3/t18-,20+,21-,22+,23+/m0/s1. The van der Waals surface area contributed by atoms with Gasteiger partial charge in [-0.15, -0.1) is 0 Å². The van der Waals surface area contributed by atoms with Gasteiger partial charge in [-0.1, -0.05) is 59.7 Å². The number of sulfone groups is 1. The van der Waals surface area contributed by atoms with Crippen LogP contribution in [0.25, 0.3) is 0 Å². The topological polar surface area (TPSA) is 61.8 Å². The molecule has 0 N–H and O–H groups in total. The fourth-order valence-electron chi connectivity index (χ4n) is 4.25. The third kappa shape index (κ3) is 5.21. The van der Waals surface area contributed by atoms with Gasteiger partial charge < -0.3 is 13.6 Å². The highest BCUT2D eigenvalue weighted by Gasteiger charge is 2.61. The summed E-state index contributed by atoms with van der Waals surface area (Å²) in [6.45, 7) is 22.8. The number of hydrogen-bond donors (Lipinski definition) is 0. The number of benzene rings is 1. The largest absolute Gasteiger partial charge is 0.416 e. The first-order chi connectivity index (χ1) is 14.9. The molecule has 1 aromatic carbocycles. The van der Waals surface area contributed by atoms with Crippen LogP contribution in [0.3, 0.4) is 0 Å². The lowest BCUT2D eigenvalue weighted by Crippen LogP contribution is -2.55. The molecule has 5 nitrogen and oxygen atoms in total. The van der Waals surface area contributed by atoms with Crippen molar-refractivity contribution in [2.45, 2.75) is 113 Å². The summed E-state index contributed by atoms with van der Waals surface area (Å²) in [7, 11) is -7.72. The third-order valence-electron chi connectivity index (χ3n) is 8.48. The molecule has 2 aliphatic heterocycles. The molecule has 2 fully saturated rings. The Balaban J connectivity index is 1.91. The predicted molar refractivity (Wildman–Crippen MR) is 139 cm³/mol. The average molecular weight is 513 g/mol. The molecule has 0 spiro atoms. The maximum atomic E-state index is 13.8. The van der Waals surface area contributed by atoms with Gasteiger partial charge in [-0.3, -0.25) is 0 Å². The van der Waals surface area contributed by atoms with Gasteiger partial charge in [-0.2, -0.15) is 0 Å². The molecule has 0 aromatic heterocycles. The van der Waals surface area contributed by atoms with Crippen LogP contribution in [0, 0.1) is 5.92 Å². The molecule has 33 heavy (non-hydrogen) atoms. The Hall–Kier alpha value is -0.516. The zero-order valence-electron chi connectivity index (χ0n) is 22.1. The average Bonchev–Trinajstić information content (AvgIpc) is 3.23. The van der Waals surface area contributed by atoms with Gasteiger partial charge in [0.25, 0.3) is 0 Å². The predicted octanol–water partition coefficient (Wildman–Crippen LogP) is 6.03. The van der Waals surface area contributed by atoms with E-state index in [1.54, 1.807) is 24.3 Å². The highest BCUT2D eigenvalue weighted by molar-refractivity contribution is 7.92. The van der Waals surface area contributed by atoms with E-state index in [-0.39, 0.29) is 28.2 Å². The Bertz CT molecular complexity index is 930. The fraction of sp³-hybridized carbons (Fsp3) is 0.760. The molecular weight excluding hydrogens is 469 g/mol. The van der Waals surface area contributed by atoms with Crippen LogP contribution in [0.1, 0.15) is 48.0 Å². The smallest absolute Gasteiger partial charge is 0.192 e. The molecule has 0 amide bonds. The van der Waals surface area contributed by atoms with Crippen LogP contribution in [-0.2, 0) is 23.4 Å². The Kier molecular flexibility index (Phi) is 7.26. The summed E-state index contributed by atoms with van der Waals surface area (Å²) in [5, 5.41) is -0.576. The molecule has 2 aliphatic rings. The van der Waals surface area contributed by atoms with Crippen LogP contribution in [0.15, 0.2) is 35.2 Å². The molecule has 188 valence electrons. The van der Waals surface area contributed by atoms with E-state index in [1.807, 2.05) is 6.07 Å². The Morgan fingerprint density at radius 2 is 1.48 bits per heavy atom. The van der Waals surface area contributed by atoms with E-state index < -0.39 is 37.8 Å². The minimum atomic E-state index is -3.59. The van der Waals surface area contributed by atoms with E-state index in [4.69, 9.17) is 13.6 Å². The molecule has 5 atom stereocenters. The van der Waals surface area contributed by atoms with E-state index in [0.29, 0.717) is 17.9 Å². The monoisotopic (exact) mass is 512 g/mol. The summed E-state index contributed by atoms with van der Waals surface area (Å²) < 4.78 is 47.3. The van der Waals surface area contributed by atoms with Crippen molar-refractivity contribution in [2.75, 3.05) is 6.61 Å². The summed E-state index contributed by atoms with van der Waals surface area (Å²) in [5.41, 5.74) is 0. The van der Waals surface area contributed by atoms with Gasteiger partial charge in [-0.05, 0) is 54.8 Å². The van der Waals surface area contributed by atoms with E-state index in [2.05, 4.69) is 67.7 Å². The molecule has 2 saturated heterocycles. The first-order valence-electron chi connectivity index (χ1n) is 12.1. The Labute approximate surface area is 203 Å². The van der Waals surface area contributed by atoms with Gasteiger partial charge in [0, 0.05) is 12.5 Å². The number of hydrogen-bond acceptors (Lipinski definition) is 5. The van der Waals surface area contributed by atoms with Crippen LogP contribution < -0.4 is 0 Å². The van der Waals surface area contributed by atoms with E-state index in [9.17, 15) is 8.42 Å². The summed E-state index contributed by atoms with van der Waals surface area (Å²) in [5.74, 6) is 0.154. The highest BCUT2D eigenvalue weighted by Crippen LogP contribution is 2.49. The minimum Gasteiger partial charge on any atom is -0.416 e. The van der Waals surface area contributed by atoms with Crippen molar-refractivity contribution in [3.8, 4) is 0 Å². The first-order valence-corrected chi connectivity index (χ1v) is 19.5. The lowest BCUT2D eigenvalue weighted by Gasteiger charge is -2.43. The molecule has 2 heterocycles. The van der Waals surface area contributed by atoms with Crippen molar-refractivity contribution >= 4 is 26.5 Å². The minimum absolute atomic E-state index is 0.0248. The first kappa shape index (κ1) is 27.1. The van der Waals surface area contributed by atoms with Crippen molar-refractivity contribution in [3.05, 3.63) is 30.3 Å². The summed E-state index contributed by atoms with van der Waals surface area (Å²) in [6, 6.07) is 8.76. The van der Waals surface area contributed by atoms with Gasteiger partial charge in [0.2, 0.25) is 0 Å². The second-order valence-electron chi connectivity index (χ2n) is 12.9. The van der Waals surface area contributed by atoms with Crippen molar-refractivity contribution in [2.24, 2.45) is 5.92 Å². The maximum absolute atomic E-state index is 13.8. The molecule has 0 radical (unpaired) electrons. The second-order valence-corrected chi connectivity index (χ2v) is 24.5. The quantitative estimate of drug-likeness (QED) is 0.418. The van der Waals surface area contributed by atoms with Gasteiger partial charge in [0.05, 0.1) is 23.2 Å². The normalized spacial score (nSPS) is 29.0. The molecule has 0 aliphatic carbocycles. The van der Waals surface area contributed by atoms with E-state index in [1.165, 1.54) is 0 Å². The van der Waals surface area contributed by atoms with Crippen LogP contribution >= 0.6 is 0 Å². The van der Waals surface area contributed by atoms with Crippen molar-refractivity contribution < 1.29 is 22.0 Å². The van der Waals surface area contributed by atoms with Crippen LogP contribution in [0.5, 0.6) is 0 Å². The molecule has 8 heteroatoms. The van der Waals surface area contributed by atoms with Gasteiger partial charge in [0.1, 0.15) is 5.25 Å². The molecule has 3 rings (SSSR count). The van der Waals surface area contributed by atoms with Gasteiger partial charge >= 0.3 is 0 Å². The second kappa shape index (κ2) is 8.85. The molecule has 0 saturated carbocycles. The Morgan fingerprint density at radius 3 is 2.00 bits per heavy atom. The van der Waals surface area contributed by atoms with E-state index in [0.717, 1.165) is 0 Å². The lowest BCUT2D eigenvalue weighted by molar-refractivity contribution is 0.0251. The zero-order chi connectivity index (χ0) is 25.0. The van der Waals surface area contributed by atoms with Crippen LogP contribution in [0.4, 0.5) is 0 Å². The number of fused-ring (bicyclic) bond motifs is 2. The highest BCUT2D eigenvalue weighted by atomic mass is 32.2. The molecular formula is C25H44O5SSi2. The van der Waals surface area contributed by atoms with E-state index >= 15 is 0 Å². The van der Waals surface area contributed by atoms with Gasteiger partial charge in [-0.25, -0.2) is 8.42 Å². The molecule has 2 bridgehead atoms. The summed E-state index contributed by atoms with van der Waals surface area (Å²) >= 11 is 0. The fourth-order valence-corrected chi connectivity index (χ4v) is 8.71. The van der Waals surface area contributed by atoms with Crippen molar-refractivity contribution in [1.82, 2.24) is 0 Å².